The molecule has 11 heteroatoms. The number of methoxy groups -OCH3 is 1. The molecule has 2 atom stereocenters. The third-order valence-corrected chi connectivity index (χ3v) is 7.78. The van der Waals surface area contributed by atoms with Crippen LogP contribution in [0.1, 0.15) is 32.7 Å². The molecule has 0 unspecified atom stereocenters. The van der Waals surface area contributed by atoms with Crippen LogP contribution in [0.15, 0.2) is 30.5 Å². The highest BCUT2D eigenvalue weighted by Crippen LogP contribution is 2.29. The van der Waals surface area contributed by atoms with Gasteiger partial charge in [-0.05, 0) is 55.1 Å². The first-order valence-electron chi connectivity index (χ1n) is 12.7. The minimum Gasteiger partial charge on any atom is -0.479 e. The van der Waals surface area contributed by atoms with Crippen molar-refractivity contribution in [3.63, 3.8) is 0 Å². The zero-order valence-electron chi connectivity index (χ0n) is 21.5. The minimum atomic E-state index is -0.757. The van der Waals surface area contributed by atoms with Gasteiger partial charge in [-0.3, -0.25) is 9.59 Å². The molecular formula is C27H31ClFN5O4. The molecule has 3 aromatic rings. The second kappa shape index (κ2) is 10.9. The third-order valence-electron chi connectivity index (χ3n) is 7.49. The first kappa shape index (κ1) is 26.4. The predicted octanol–water partition coefficient (Wildman–Crippen LogP) is 2.88. The van der Waals surface area contributed by atoms with E-state index >= 15 is 0 Å². The summed E-state index contributed by atoms with van der Waals surface area (Å²) in [7, 11) is 3.23. The number of likely N-dealkylation sites (tertiary alicyclic amines) is 1. The van der Waals surface area contributed by atoms with Gasteiger partial charge in [-0.1, -0.05) is 11.6 Å². The fourth-order valence-corrected chi connectivity index (χ4v) is 5.62. The van der Waals surface area contributed by atoms with E-state index in [9.17, 15) is 14.0 Å². The number of rotatable bonds is 6. The number of nitrogens with zero attached hydrogens (tertiary/aromatic N) is 4. The van der Waals surface area contributed by atoms with E-state index in [4.69, 9.17) is 26.8 Å². The van der Waals surface area contributed by atoms with Crippen LogP contribution >= 0.6 is 11.6 Å². The molecule has 0 bridgehead atoms. The van der Waals surface area contributed by atoms with Crippen LogP contribution in [0.4, 0.5) is 4.39 Å². The van der Waals surface area contributed by atoms with Gasteiger partial charge in [0, 0.05) is 49.3 Å². The molecule has 0 radical (unpaired) electrons. The van der Waals surface area contributed by atoms with Crippen LogP contribution < -0.4 is 10.5 Å². The Bertz CT molecular complexity index is 1380. The van der Waals surface area contributed by atoms with Crippen molar-refractivity contribution in [2.45, 2.75) is 18.9 Å². The maximum atomic E-state index is 14.4. The van der Waals surface area contributed by atoms with Gasteiger partial charge in [0.15, 0.2) is 5.82 Å². The predicted molar refractivity (Wildman–Crippen MR) is 141 cm³/mol. The van der Waals surface area contributed by atoms with E-state index in [-0.39, 0.29) is 28.5 Å². The Morgan fingerprint density at radius 2 is 2.08 bits per heavy atom. The van der Waals surface area contributed by atoms with Crippen molar-refractivity contribution in [1.82, 2.24) is 19.4 Å². The van der Waals surface area contributed by atoms with Gasteiger partial charge >= 0.3 is 0 Å². The lowest BCUT2D eigenvalue weighted by Crippen LogP contribution is -2.49. The van der Waals surface area contributed by atoms with E-state index in [1.54, 1.807) is 4.90 Å². The average Bonchev–Trinajstić information content (AvgIpc) is 3.53. The molecule has 0 spiro atoms. The summed E-state index contributed by atoms with van der Waals surface area (Å²) in [5.41, 5.74) is 8.37. The quantitative estimate of drug-likeness (QED) is 0.480. The van der Waals surface area contributed by atoms with Gasteiger partial charge in [0.1, 0.15) is 5.15 Å². The minimum absolute atomic E-state index is 0.000804. The topological polar surface area (TPSA) is 103 Å². The second-order valence-corrected chi connectivity index (χ2v) is 10.2. The van der Waals surface area contributed by atoms with Crippen LogP contribution in [0.2, 0.25) is 5.15 Å². The summed E-state index contributed by atoms with van der Waals surface area (Å²) in [6.45, 7) is 2.97. The van der Waals surface area contributed by atoms with Crippen molar-refractivity contribution in [2.75, 3.05) is 46.5 Å². The highest BCUT2D eigenvalue weighted by atomic mass is 35.5. The average molecular weight is 544 g/mol. The van der Waals surface area contributed by atoms with Gasteiger partial charge in [0.2, 0.25) is 0 Å². The van der Waals surface area contributed by atoms with E-state index < -0.39 is 11.7 Å². The van der Waals surface area contributed by atoms with Crippen molar-refractivity contribution in [1.29, 1.82) is 0 Å². The Hall–Kier alpha value is -3.21. The Labute approximate surface area is 225 Å². The zero-order valence-corrected chi connectivity index (χ0v) is 22.2. The number of amides is 2. The molecule has 2 N–H and O–H groups in total. The van der Waals surface area contributed by atoms with Crippen LogP contribution in [0.25, 0.3) is 10.9 Å². The van der Waals surface area contributed by atoms with Crippen molar-refractivity contribution < 1.29 is 23.5 Å². The summed E-state index contributed by atoms with van der Waals surface area (Å²) < 4.78 is 26.9. The van der Waals surface area contributed by atoms with Crippen LogP contribution in [0.3, 0.4) is 0 Å². The van der Waals surface area contributed by atoms with Gasteiger partial charge in [-0.15, -0.1) is 0 Å². The zero-order chi connectivity index (χ0) is 27.0. The number of fused-ring (bicyclic) bond motifs is 1. The molecule has 2 saturated heterocycles. The van der Waals surface area contributed by atoms with Crippen molar-refractivity contribution in [3.8, 4) is 5.88 Å². The number of benzene rings is 1. The summed E-state index contributed by atoms with van der Waals surface area (Å²) in [6.07, 6.45) is 3.42. The molecule has 2 fully saturated rings. The monoisotopic (exact) mass is 543 g/mol. The van der Waals surface area contributed by atoms with Crippen LogP contribution in [0, 0.1) is 11.7 Å². The molecule has 202 valence electrons. The number of hydrogen-bond donors (Lipinski definition) is 1. The normalized spacial score (nSPS) is 19.8. The molecule has 0 aliphatic carbocycles. The number of aryl methyl sites for hydroxylation is 1. The first-order valence-corrected chi connectivity index (χ1v) is 13.0. The Kier molecular flexibility index (Phi) is 7.56. The number of hydrogen-bond acceptors (Lipinski definition) is 6. The number of ether oxygens (including phenoxy) is 2. The molecule has 38 heavy (non-hydrogen) atoms. The van der Waals surface area contributed by atoms with E-state index in [1.165, 1.54) is 7.11 Å². The molecule has 2 amide bonds. The summed E-state index contributed by atoms with van der Waals surface area (Å²) in [5, 5.41) is 0.826. The number of carbonyl (C=O) groups excluding carboxylic acids is 2. The molecular weight excluding hydrogens is 513 g/mol. The molecule has 2 aliphatic rings. The maximum absolute atomic E-state index is 14.4. The summed E-state index contributed by atoms with van der Waals surface area (Å²) in [6, 6.07) is 6.49. The lowest BCUT2D eigenvalue weighted by atomic mass is 10.0. The largest absolute Gasteiger partial charge is 0.479 e. The SMILES string of the molecule is COc1nc(Cl)c(C(=O)N2CCOC[C@@H]2Cc2cn(C)c3ccc(C(=O)N4CC[C@H](CN)C4)cc23)cc1F. The van der Waals surface area contributed by atoms with Crippen LogP contribution in [-0.4, -0.2) is 83.7 Å². The van der Waals surface area contributed by atoms with Crippen LogP contribution in [-0.2, 0) is 18.2 Å². The molecule has 2 aliphatic heterocycles. The van der Waals surface area contributed by atoms with E-state index in [0.717, 1.165) is 29.0 Å². The smallest absolute Gasteiger partial charge is 0.257 e. The van der Waals surface area contributed by atoms with E-state index in [1.807, 2.05) is 40.9 Å². The first-order chi connectivity index (χ1) is 18.3. The number of nitrogens with two attached hydrogens (primary N) is 1. The highest BCUT2D eigenvalue weighted by Gasteiger charge is 2.32. The number of aromatic nitrogens is 2. The maximum Gasteiger partial charge on any atom is 0.257 e. The Balaban J connectivity index is 1.42. The van der Waals surface area contributed by atoms with Gasteiger partial charge < -0.3 is 29.6 Å². The molecule has 1 aromatic carbocycles. The fraction of sp³-hybridized carbons (Fsp3) is 0.444. The van der Waals surface area contributed by atoms with E-state index in [0.29, 0.717) is 57.3 Å². The number of carbonyl (C=O) groups is 2. The number of morpholine rings is 1. The van der Waals surface area contributed by atoms with Gasteiger partial charge in [0.05, 0.1) is 31.9 Å². The summed E-state index contributed by atoms with van der Waals surface area (Å²) in [5.74, 6) is -1.10. The molecule has 2 aromatic heterocycles. The molecule has 0 saturated carbocycles. The van der Waals surface area contributed by atoms with Gasteiger partial charge in [-0.25, -0.2) is 4.39 Å². The lowest BCUT2D eigenvalue weighted by molar-refractivity contribution is -0.00160. The Morgan fingerprint density at radius 1 is 1.26 bits per heavy atom. The standard InChI is InChI=1S/C27H31ClFN5O4/c1-32-14-18(20-10-17(3-4-23(20)32)26(35)33-6-5-16(12-30)13-33)9-19-15-38-8-7-34(19)27(36)21-11-22(29)25(37-2)31-24(21)28/h3-4,10-11,14,16,19H,5-9,12-13,15,30H2,1-2H3/t16-,19+/m1/s1. The highest BCUT2D eigenvalue weighted by molar-refractivity contribution is 6.32. The Morgan fingerprint density at radius 3 is 2.82 bits per heavy atom. The van der Waals surface area contributed by atoms with Crippen LogP contribution in [0.5, 0.6) is 5.88 Å². The molecule has 5 rings (SSSR count). The number of halogens is 2. The van der Waals surface area contributed by atoms with Crippen molar-refractivity contribution in [2.24, 2.45) is 18.7 Å². The summed E-state index contributed by atoms with van der Waals surface area (Å²) >= 11 is 6.22. The van der Waals surface area contributed by atoms with Crippen molar-refractivity contribution in [3.05, 3.63) is 58.1 Å². The second-order valence-electron chi connectivity index (χ2n) is 9.89. The summed E-state index contributed by atoms with van der Waals surface area (Å²) in [4.78, 5) is 34.1. The van der Waals surface area contributed by atoms with E-state index in [2.05, 4.69) is 4.98 Å². The van der Waals surface area contributed by atoms with Crippen molar-refractivity contribution >= 4 is 34.3 Å². The molecule has 9 nitrogen and oxygen atoms in total. The number of pyridine rings is 1. The molecule has 4 heterocycles. The third kappa shape index (κ3) is 4.95. The van der Waals surface area contributed by atoms with Gasteiger partial charge in [-0.2, -0.15) is 4.98 Å². The lowest BCUT2D eigenvalue weighted by Gasteiger charge is -2.36. The van der Waals surface area contributed by atoms with Gasteiger partial charge in [0.25, 0.3) is 17.7 Å². The fourth-order valence-electron chi connectivity index (χ4n) is 5.41.